The third-order valence-corrected chi connectivity index (χ3v) is 12.2. The molecule has 56 heavy (non-hydrogen) atoms. The van der Waals surface area contributed by atoms with E-state index in [1.165, 1.54) is 24.3 Å². The van der Waals surface area contributed by atoms with Crippen LogP contribution in [-0.4, -0.2) is 84.0 Å². The average molecular weight is 824 g/mol. The van der Waals surface area contributed by atoms with E-state index in [0.29, 0.717) is 24.3 Å². The van der Waals surface area contributed by atoms with Crippen LogP contribution in [0.15, 0.2) is 53.4 Å². The zero-order chi connectivity index (χ0) is 40.0. The number of rotatable bonds is 12. The standard InChI is InChI=1S/C39H48F3N5O7S.ClH/c1-24-8-6-9-25(2)32(24)30-19-31(45-34(44-30)46-55(51,52)29-11-7-10-26(18-29)33(48)49)53-23-28(22-38(12-13-38)39(40,41)42)43-27-20-37(21-27)14-16-47(17-15-37)35(50)54-36(3,4)5;/h6-11,18-19,27-28,43H,12-17,20-23H2,1-5H3,(H,48,49)(H,44,45,46);1H. The predicted octanol–water partition coefficient (Wildman–Crippen LogP) is 7.93. The predicted molar refractivity (Wildman–Crippen MR) is 206 cm³/mol. The molecular weight excluding hydrogens is 775 g/mol. The molecule has 1 amide bonds. The molecule has 0 radical (unpaired) electrons. The summed E-state index contributed by atoms with van der Waals surface area (Å²) in [6.07, 6.45) is -1.79. The summed E-state index contributed by atoms with van der Waals surface area (Å²) in [5.41, 5.74) is 0.0571. The summed E-state index contributed by atoms with van der Waals surface area (Å²) in [6, 6.07) is 11.2. The lowest BCUT2D eigenvalue weighted by atomic mass is 9.60. The Kier molecular flexibility index (Phi) is 12.3. The third-order valence-electron chi connectivity index (χ3n) is 10.9. The topological polar surface area (TPSA) is 160 Å². The largest absolute Gasteiger partial charge is 0.478 e. The monoisotopic (exact) mass is 823 g/mol. The molecule has 1 atom stereocenters. The molecule has 2 saturated carbocycles. The lowest BCUT2D eigenvalue weighted by molar-refractivity contribution is -0.191. The van der Waals surface area contributed by atoms with Crippen LogP contribution in [0, 0.1) is 24.7 Å². The van der Waals surface area contributed by atoms with Crippen molar-refractivity contribution in [2.24, 2.45) is 10.8 Å². The van der Waals surface area contributed by atoms with Crippen molar-refractivity contribution in [1.29, 1.82) is 0 Å². The van der Waals surface area contributed by atoms with Gasteiger partial charge in [0.05, 0.1) is 21.6 Å². The smallest absolute Gasteiger partial charge is 0.410 e. The van der Waals surface area contributed by atoms with Crippen LogP contribution in [0.3, 0.4) is 0 Å². The number of nitrogens with one attached hydrogen (secondary N) is 2. The van der Waals surface area contributed by atoms with Gasteiger partial charge in [-0.25, -0.2) is 27.7 Å². The number of benzene rings is 2. The Labute approximate surface area is 331 Å². The van der Waals surface area contributed by atoms with Crippen LogP contribution in [0.5, 0.6) is 5.88 Å². The van der Waals surface area contributed by atoms with Crippen molar-refractivity contribution in [2.45, 2.75) is 108 Å². The second-order valence-electron chi connectivity index (χ2n) is 16.3. The van der Waals surface area contributed by atoms with E-state index in [9.17, 15) is 36.3 Å². The van der Waals surface area contributed by atoms with Gasteiger partial charge in [-0.05, 0) is 114 Å². The van der Waals surface area contributed by atoms with Crippen LogP contribution in [0.4, 0.5) is 23.9 Å². The number of ether oxygens (including phenoxy) is 2. The van der Waals surface area contributed by atoms with E-state index in [1.54, 1.807) is 4.90 Å². The lowest BCUT2D eigenvalue weighted by Crippen LogP contribution is -2.57. The molecule has 3 N–H and O–H groups in total. The number of piperidine rings is 1. The van der Waals surface area contributed by atoms with Crippen molar-refractivity contribution in [1.82, 2.24) is 20.2 Å². The molecule has 1 unspecified atom stereocenters. The number of halogens is 4. The maximum absolute atomic E-state index is 14.2. The second-order valence-corrected chi connectivity index (χ2v) is 18.0. The number of aryl methyl sites for hydroxylation is 2. The zero-order valence-electron chi connectivity index (χ0n) is 32.0. The van der Waals surface area contributed by atoms with E-state index in [-0.39, 0.29) is 78.1 Å². The lowest BCUT2D eigenvalue weighted by Gasteiger charge is -2.53. The summed E-state index contributed by atoms with van der Waals surface area (Å²) in [5.74, 6) is -1.70. The van der Waals surface area contributed by atoms with E-state index in [0.717, 1.165) is 42.9 Å². The van der Waals surface area contributed by atoms with Gasteiger partial charge >= 0.3 is 18.2 Å². The normalized spacial score (nSPS) is 18.3. The molecule has 3 aliphatic rings. The van der Waals surface area contributed by atoms with Gasteiger partial charge in [-0.2, -0.15) is 18.2 Å². The first-order chi connectivity index (χ1) is 25.7. The van der Waals surface area contributed by atoms with Gasteiger partial charge in [0.1, 0.15) is 12.2 Å². The highest BCUT2D eigenvalue weighted by molar-refractivity contribution is 7.92. The number of anilines is 1. The van der Waals surface area contributed by atoms with Crippen LogP contribution in [0.25, 0.3) is 11.3 Å². The van der Waals surface area contributed by atoms with E-state index in [1.807, 2.05) is 52.8 Å². The molecule has 12 nitrogen and oxygen atoms in total. The number of likely N-dealkylation sites (tertiary alicyclic amines) is 1. The molecule has 17 heteroatoms. The van der Waals surface area contributed by atoms with E-state index in [2.05, 4.69) is 20.0 Å². The maximum Gasteiger partial charge on any atom is 0.410 e. The number of aromatic carboxylic acids is 1. The highest BCUT2D eigenvalue weighted by Crippen LogP contribution is 2.60. The summed E-state index contributed by atoms with van der Waals surface area (Å²) < 4.78 is 83.6. The molecule has 2 aliphatic carbocycles. The highest BCUT2D eigenvalue weighted by atomic mass is 35.5. The van der Waals surface area contributed by atoms with E-state index < -0.39 is 39.2 Å². The number of carbonyl (C=O) groups excluding carboxylic acids is 1. The number of carboxylic acid groups (broad SMARTS) is 1. The Morgan fingerprint density at radius 1 is 0.982 bits per heavy atom. The molecule has 306 valence electrons. The van der Waals surface area contributed by atoms with Crippen molar-refractivity contribution in [3.63, 3.8) is 0 Å². The van der Waals surface area contributed by atoms with Crippen LogP contribution in [0.2, 0.25) is 0 Å². The van der Waals surface area contributed by atoms with Crippen molar-refractivity contribution in [3.8, 4) is 17.1 Å². The number of carbonyl (C=O) groups is 2. The summed E-state index contributed by atoms with van der Waals surface area (Å²) >= 11 is 0. The van der Waals surface area contributed by atoms with Crippen LogP contribution in [0.1, 0.15) is 87.2 Å². The molecule has 2 heterocycles. The maximum atomic E-state index is 14.2. The van der Waals surface area contributed by atoms with Gasteiger partial charge in [0.25, 0.3) is 10.0 Å². The van der Waals surface area contributed by atoms with Crippen LogP contribution in [-0.2, 0) is 14.8 Å². The zero-order valence-corrected chi connectivity index (χ0v) is 33.7. The first-order valence-corrected chi connectivity index (χ1v) is 19.9. The van der Waals surface area contributed by atoms with Crippen molar-refractivity contribution >= 4 is 40.4 Å². The summed E-state index contributed by atoms with van der Waals surface area (Å²) in [6.45, 7) is 10.1. The molecular formula is C39H49ClF3N5O7S. The van der Waals surface area contributed by atoms with Crippen LogP contribution < -0.4 is 14.8 Å². The number of carboxylic acids is 1. The van der Waals surface area contributed by atoms with Crippen LogP contribution >= 0.6 is 12.4 Å². The quantitative estimate of drug-likeness (QED) is 0.164. The Morgan fingerprint density at radius 3 is 2.18 bits per heavy atom. The van der Waals surface area contributed by atoms with Gasteiger partial charge in [-0.15, -0.1) is 12.4 Å². The summed E-state index contributed by atoms with van der Waals surface area (Å²) in [7, 11) is -4.37. The third kappa shape index (κ3) is 9.86. The number of hydrogen-bond acceptors (Lipinski definition) is 9. The fraction of sp³-hybridized carbons (Fsp3) is 0.538. The van der Waals surface area contributed by atoms with Gasteiger partial charge < -0.3 is 24.8 Å². The number of hydrogen-bond donors (Lipinski definition) is 3. The number of sulfonamides is 1. The van der Waals surface area contributed by atoms with Gasteiger partial charge in [-0.3, -0.25) is 0 Å². The Balaban J connectivity index is 0.00000600. The Morgan fingerprint density at radius 2 is 1.61 bits per heavy atom. The van der Waals surface area contributed by atoms with Gasteiger partial charge in [0.15, 0.2) is 0 Å². The van der Waals surface area contributed by atoms with E-state index in [4.69, 9.17) is 9.47 Å². The molecule has 1 spiro atoms. The van der Waals surface area contributed by atoms with Gasteiger partial charge in [-0.1, -0.05) is 24.3 Å². The first kappa shape index (κ1) is 43.0. The number of alkyl halides is 3. The van der Waals surface area contributed by atoms with Crippen molar-refractivity contribution in [3.05, 3.63) is 65.2 Å². The van der Waals surface area contributed by atoms with Gasteiger partial charge in [0.2, 0.25) is 11.8 Å². The Hall–Kier alpha value is -4.15. The Bertz CT molecular complexity index is 2020. The minimum Gasteiger partial charge on any atom is -0.478 e. The number of amides is 1. The average Bonchev–Trinajstić information content (AvgIpc) is 3.87. The molecule has 1 aromatic heterocycles. The SMILES string of the molecule is Cc1cccc(C)c1-c1cc(OCC(CC2(C(F)(F)F)CC2)NC2CC3(CCN(C(=O)OC(C)(C)C)CC3)C2)nc(NS(=O)(=O)c2cccc(C(=O)O)c2)n1.Cl. The fourth-order valence-electron chi connectivity index (χ4n) is 7.78. The number of nitrogens with zero attached hydrogens (tertiary/aromatic N) is 3. The minimum atomic E-state index is -4.38. The molecule has 1 aliphatic heterocycles. The highest BCUT2D eigenvalue weighted by Gasteiger charge is 2.63. The van der Waals surface area contributed by atoms with Gasteiger partial charge in [0, 0.05) is 36.8 Å². The number of aromatic nitrogens is 2. The minimum absolute atomic E-state index is 0. The molecule has 3 aromatic rings. The molecule has 6 rings (SSSR count). The summed E-state index contributed by atoms with van der Waals surface area (Å²) in [4.78, 5) is 34.3. The summed E-state index contributed by atoms with van der Waals surface area (Å²) in [5, 5.41) is 12.8. The van der Waals surface area contributed by atoms with Crippen molar-refractivity contribution in [2.75, 3.05) is 24.4 Å². The molecule has 0 bridgehead atoms. The first-order valence-electron chi connectivity index (χ1n) is 18.4. The molecule has 2 aromatic carbocycles. The molecule has 3 fully saturated rings. The molecule has 1 saturated heterocycles. The van der Waals surface area contributed by atoms with Crippen molar-refractivity contribution < 1.29 is 45.8 Å². The fourth-order valence-corrected chi connectivity index (χ4v) is 8.77. The van der Waals surface area contributed by atoms with E-state index >= 15 is 0 Å². The second kappa shape index (κ2) is 16.0.